The van der Waals surface area contributed by atoms with Gasteiger partial charge in [0.25, 0.3) is 0 Å². The Morgan fingerprint density at radius 1 is 1.14 bits per heavy atom. The van der Waals surface area contributed by atoms with Gasteiger partial charge in [-0.2, -0.15) is 0 Å². The lowest BCUT2D eigenvalue weighted by Crippen LogP contribution is -2.61. The molecule has 118 valence electrons. The third-order valence-corrected chi connectivity index (χ3v) is 7.12. The predicted molar refractivity (Wildman–Crippen MR) is 88.1 cm³/mol. The monoisotopic (exact) mass is 297 g/mol. The van der Waals surface area contributed by atoms with E-state index in [1.165, 1.54) is 75.6 Å². The molecule has 3 fully saturated rings. The summed E-state index contributed by atoms with van der Waals surface area (Å²) in [4.78, 5) is 2.85. The first kappa shape index (κ1) is 13.4. The van der Waals surface area contributed by atoms with Crippen LogP contribution in [0.4, 0.5) is 0 Å². The maximum atomic E-state index is 10.0. The quantitative estimate of drug-likeness (QED) is 0.896. The largest absolute Gasteiger partial charge is 0.508 e. The lowest BCUT2D eigenvalue weighted by Gasteiger charge is -2.59. The number of phenols is 1. The Balaban J connectivity index is 1.58. The number of fused-ring (bicyclic) bond motifs is 1. The van der Waals surface area contributed by atoms with Gasteiger partial charge < -0.3 is 5.11 Å². The van der Waals surface area contributed by atoms with Gasteiger partial charge in [-0.3, -0.25) is 4.90 Å². The molecule has 1 aromatic rings. The minimum atomic E-state index is 0.384. The predicted octanol–water partition coefficient (Wildman–Crippen LogP) is 3.86. The second-order valence-corrected chi connectivity index (χ2v) is 8.31. The molecule has 1 unspecified atom stereocenters. The molecule has 1 aromatic carbocycles. The molecule has 0 aromatic heterocycles. The number of hydrogen-bond donors (Lipinski definition) is 1. The molecule has 2 heteroatoms. The van der Waals surface area contributed by atoms with Crippen LogP contribution in [0.25, 0.3) is 0 Å². The first-order valence-electron chi connectivity index (χ1n) is 9.33. The molecule has 2 nitrogen and oxygen atoms in total. The zero-order valence-corrected chi connectivity index (χ0v) is 13.4. The number of phenolic OH excluding ortho intramolecular Hbond substituents is 1. The SMILES string of the molecule is Oc1ccc2c(c1)[C@@]13CCCCC1[C@@H](C2)N(CC1CC1)CC3. The number of rotatable bonds is 2. The van der Waals surface area contributed by atoms with Gasteiger partial charge in [0.05, 0.1) is 0 Å². The second kappa shape index (κ2) is 4.74. The van der Waals surface area contributed by atoms with E-state index in [2.05, 4.69) is 17.0 Å². The fraction of sp³-hybridized carbons (Fsp3) is 0.700. The van der Waals surface area contributed by atoms with Gasteiger partial charge in [-0.15, -0.1) is 0 Å². The van der Waals surface area contributed by atoms with E-state index < -0.39 is 0 Å². The van der Waals surface area contributed by atoms with Crippen molar-refractivity contribution in [2.45, 2.75) is 62.8 Å². The Hall–Kier alpha value is -1.02. The van der Waals surface area contributed by atoms with Gasteiger partial charge in [0.1, 0.15) is 5.75 Å². The molecule has 3 aliphatic carbocycles. The molecule has 0 amide bonds. The highest BCUT2D eigenvalue weighted by Gasteiger charge is 2.54. The van der Waals surface area contributed by atoms with E-state index in [-0.39, 0.29) is 0 Å². The number of nitrogens with zero attached hydrogens (tertiary/aromatic N) is 1. The summed E-state index contributed by atoms with van der Waals surface area (Å²) in [6.07, 6.45) is 11.0. The topological polar surface area (TPSA) is 23.5 Å². The van der Waals surface area contributed by atoms with Crippen molar-refractivity contribution in [1.29, 1.82) is 0 Å². The molecule has 1 heterocycles. The summed E-state index contributed by atoms with van der Waals surface area (Å²) < 4.78 is 0. The third-order valence-electron chi connectivity index (χ3n) is 7.12. The van der Waals surface area contributed by atoms with Gasteiger partial charge in [-0.05, 0) is 80.2 Å². The van der Waals surface area contributed by atoms with Gasteiger partial charge in [-0.1, -0.05) is 18.9 Å². The molecule has 0 spiro atoms. The number of likely N-dealkylation sites (tertiary alicyclic amines) is 1. The average molecular weight is 297 g/mol. The van der Waals surface area contributed by atoms with E-state index in [1.54, 1.807) is 0 Å². The maximum Gasteiger partial charge on any atom is 0.115 e. The highest BCUT2D eigenvalue weighted by atomic mass is 16.3. The van der Waals surface area contributed by atoms with E-state index in [9.17, 15) is 5.11 Å². The number of hydrogen-bond acceptors (Lipinski definition) is 2. The summed E-state index contributed by atoms with van der Waals surface area (Å²) in [5.41, 5.74) is 3.43. The molecule has 1 N–H and O–H groups in total. The molecule has 1 saturated heterocycles. The number of piperidine rings is 1. The van der Waals surface area contributed by atoms with Crippen LogP contribution in [0.5, 0.6) is 5.75 Å². The molecule has 5 rings (SSSR count). The van der Waals surface area contributed by atoms with Crippen molar-refractivity contribution >= 4 is 0 Å². The zero-order valence-electron chi connectivity index (χ0n) is 13.4. The van der Waals surface area contributed by atoms with Crippen molar-refractivity contribution in [2.75, 3.05) is 13.1 Å². The fourth-order valence-corrected chi connectivity index (χ4v) is 5.93. The van der Waals surface area contributed by atoms with Gasteiger partial charge >= 0.3 is 0 Å². The van der Waals surface area contributed by atoms with Gasteiger partial charge in [0.2, 0.25) is 0 Å². The van der Waals surface area contributed by atoms with Crippen LogP contribution in [0.3, 0.4) is 0 Å². The van der Waals surface area contributed by atoms with Crippen LogP contribution in [-0.2, 0) is 11.8 Å². The van der Waals surface area contributed by atoms with E-state index >= 15 is 0 Å². The van der Waals surface area contributed by atoms with Crippen LogP contribution < -0.4 is 0 Å². The van der Waals surface area contributed by atoms with Gasteiger partial charge in [-0.25, -0.2) is 0 Å². The summed E-state index contributed by atoms with van der Waals surface area (Å²) in [6.45, 7) is 2.64. The van der Waals surface area contributed by atoms with Crippen LogP contribution in [0.15, 0.2) is 18.2 Å². The zero-order chi connectivity index (χ0) is 14.7. The minimum absolute atomic E-state index is 0.384. The molecule has 4 aliphatic rings. The summed E-state index contributed by atoms with van der Waals surface area (Å²) >= 11 is 0. The van der Waals surface area contributed by atoms with Crippen molar-refractivity contribution in [1.82, 2.24) is 4.90 Å². The van der Waals surface area contributed by atoms with Crippen molar-refractivity contribution < 1.29 is 5.11 Å². The fourth-order valence-electron chi connectivity index (χ4n) is 5.93. The summed E-state index contributed by atoms with van der Waals surface area (Å²) in [5, 5.41) is 10.0. The van der Waals surface area contributed by atoms with E-state index in [0.717, 1.165) is 17.9 Å². The van der Waals surface area contributed by atoms with Crippen LogP contribution in [0.1, 0.15) is 56.1 Å². The molecular weight excluding hydrogens is 270 g/mol. The van der Waals surface area contributed by atoms with Gasteiger partial charge in [0.15, 0.2) is 0 Å². The maximum absolute atomic E-state index is 10.0. The lowest BCUT2D eigenvalue weighted by atomic mass is 9.52. The highest BCUT2D eigenvalue weighted by molar-refractivity contribution is 5.45. The normalized spacial score (nSPS) is 37.5. The third kappa shape index (κ3) is 1.89. The molecule has 22 heavy (non-hydrogen) atoms. The minimum Gasteiger partial charge on any atom is -0.508 e. The smallest absolute Gasteiger partial charge is 0.115 e. The molecule has 2 saturated carbocycles. The first-order chi connectivity index (χ1) is 10.8. The summed E-state index contributed by atoms with van der Waals surface area (Å²) in [5.74, 6) is 2.30. The first-order valence-corrected chi connectivity index (χ1v) is 9.33. The Morgan fingerprint density at radius 2 is 2.05 bits per heavy atom. The van der Waals surface area contributed by atoms with Crippen molar-refractivity contribution in [2.24, 2.45) is 11.8 Å². The van der Waals surface area contributed by atoms with Crippen molar-refractivity contribution in [3.05, 3.63) is 29.3 Å². The van der Waals surface area contributed by atoms with Gasteiger partial charge in [0, 0.05) is 18.0 Å². The van der Waals surface area contributed by atoms with Crippen LogP contribution >= 0.6 is 0 Å². The number of benzene rings is 1. The van der Waals surface area contributed by atoms with E-state index in [1.807, 2.05) is 6.07 Å². The molecule has 2 bridgehead atoms. The Labute approximate surface area is 133 Å². The Morgan fingerprint density at radius 3 is 2.91 bits per heavy atom. The average Bonchev–Trinajstić information content (AvgIpc) is 3.35. The standard InChI is InChI=1S/C20H27NO/c22-16-7-6-15-11-19-17-3-1-2-8-20(17,18(15)12-16)9-10-21(19)13-14-4-5-14/h6-7,12,14,17,19,22H,1-5,8-11,13H2/t17?,19-,20-/m1/s1. The Bertz CT molecular complexity index is 593. The van der Waals surface area contributed by atoms with Crippen molar-refractivity contribution in [3.63, 3.8) is 0 Å². The summed E-state index contributed by atoms with van der Waals surface area (Å²) in [6, 6.07) is 7.00. The molecule has 3 atom stereocenters. The highest BCUT2D eigenvalue weighted by Crippen LogP contribution is 2.56. The van der Waals surface area contributed by atoms with Crippen LogP contribution in [0.2, 0.25) is 0 Å². The number of aromatic hydroxyl groups is 1. The van der Waals surface area contributed by atoms with E-state index in [0.29, 0.717) is 11.2 Å². The van der Waals surface area contributed by atoms with E-state index in [4.69, 9.17) is 0 Å². The van der Waals surface area contributed by atoms with Crippen molar-refractivity contribution in [3.8, 4) is 5.75 Å². The molecular formula is C20H27NO. The second-order valence-electron chi connectivity index (χ2n) is 8.31. The Kier molecular flexibility index (Phi) is 2.89. The van der Waals surface area contributed by atoms with Crippen LogP contribution in [-0.4, -0.2) is 29.1 Å². The van der Waals surface area contributed by atoms with Crippen LogP contribution in [0, 0.1) is 11.8 Å². The lowest BCUT2D eigenvalue weighted by molar-refractivity contribution is -0.0134. The summed E-state index contributed by atoms with van der Waals surface area (Å²) in [7, 11) is 0. The molecule has 0 radical (unpaired) electrons. The molecule has 1 aliphatic heterocycles.